The van der Waals surface area contributed by atoms with E-state index in [2.05, 4.69) is 20.4 Å². The fourth-order valence-corrected chi connectivity index (χ4v) is 5.76. The third-order valence-corrected chi connectivity index (χ3v) is 7.82. The lowest BCUT2D eigenvalue weighted by atomic mass is 10.0. The molecule has 0 aliphatic heterocycles. The first kappa shape index (κ1) is 30.3. The number of aromatic nitrogens is 4. The number of fused-ring (bicyclic) bond motifs is 1. The number of nitrogen functional groups attached to an aromatic ring is 1. The number of nitrogens with zero attached hydrogens (tertiary/aromatic N) is 4. The molecule has 43 heavy (non-hydrogen) atoms. The van der Waals surface area contributed by atoms with Crippen LogP contribution in [0.2, 0.25) is 5.02 Å². The van der Waals surface area contributed by atoms with Crippen molar-refractivity contribution >= 4 is 45.1 Å². The number of hydrogen-bond donors (Lipinski definition) is 3. The first-order chi connectivity index (χ1) is 20.4. The highest BCUT2D eigenvalue weighted by Crippen LogP contribution is 2.43. The van der Waals surface area contributed by atoms with Gasteiger partial charge in [-0.05, 0) is 49.2 Å². The fourth-order valence-electron chi connectivity index (χ4n) is 4.65. The monoisotopic (exact) mass is 630 g/mol. The van der Waals surface area contributed by atoms with Gasteiger partial charge in [0.1, 0.15) is 10.7 Å². The number of nitrogens with two attached hydrogens (primary N) is 1. The van der Waals surface area contributed by atoms with Crippen molar-refractivity contribution < 1.29 is 27.8 Å². The van der Waals surface area contributed by atoms with E-state index < -0.39 is 24.3 Å². The summed E-state index contributed by atoms with van der Waals surface area (Å²) < 4.78 is 51.0. The van der Waals surface area contributed by atoms with Crippen LogP contribution in [0.15, 0.2) is 60.1 Å². The van der Waals surface area contributed by atoms with Gasteiger partial charge >= 0.3 is 12.1 Å². The molecule has 5 aromatic rings. The number of ether oxygens (including phenoxy) is 1. The van der Waals surface area contributed by atoms with Crippen LogP contribution in [0.25, 0.3) is 27.0 Å². The number of anilines is 1. The summed E-state index contributed by atoms with van der Waals surface area (Å²) in [6.45, 7) is 4.06. The maximum Gasteiger partial charge on any atom is 0.429 e. The van der Waals surface area contributed by atoms with E-state index in [0.717, 1.165) is 22.5 Å². The highest BCUT2D eigenvalue weighted by molar-refractivity contribution is 7.18. The van der Waals surface area contributed by atoms with E-state index in [4.69, 9.17) is 22.1 Å². The Kier molecular flexibility index (Phi) is 8.58. The first-order valence-corrected chi connectivity index (χ1v) is 14.4. The number of halogens is 4. The molecule has 5 rings (SSSR count). The van der Waals surface area contributed by atoms with Gasteiger partial charge in [0.15, 0.2) is 0 Å². The molecule has 2 aromatic carbocycles. The third kappa shape index (κ3) is 6.58. The molecule has 0 aliphatic rings. The molecular weight excluding hydrogens is 605 g/mol. The van der Waals surface area contributed by atoms with E-state index in [-0.39, 0.29) is 39.2 Å². The van der Waals surface area contributed by atoms with Crippen molar-refractivity contribution in [1.82, 2.24) is 25.1 Å². The van der Waals surface area contributed by atoms with Gasteiger partial charge in [-0.3, -0.25) is 4.79 Å². The van der Waals surface area contributed by atoms with Gasteiger partial charge in [0.25, 0.3) is 0 Å². The molecule has 3 heterocycles. The summed E-state index contributed by atoms with van der Waals surface area (Å²) in [5.41, 5.74) is 8.93. The van der Waals surface area contributed by atoms with Gasteiger partial charge in [-0.1, -0.05) is 48.9 Å². The topological polar surface area (TPSA) is 128 Å². The number of alkyl halides is 3. The van der Waals surface area contributed by atoms with Crippen molar-refractivity contribution in [2.24, 2.45) is 0 Å². The largest absolute Gasteiger partial charge is 0.480 e. The minimum Gasteiger partial charge on any atom is -0.480 e. The first-order valence-electron chi connectivity index (χ1n) is 13.1. The molecular formula is C29H26ClF3N6O3S. The summed E-state index contributed by atoms with van der Waals surface area (Å²) in [4.78, 5) is 19.9. The summed E-state index contributed by atoms with van der Waals surface area (Å²) in [5, 5.41) is 18.6. The van der Waals surface area contributed by atoms with E-state index in [1.54, 1.807) is 42.6 Å². The van der Waals surface area contributed by atoms with E-state index in [1.807, 2.05) is 6.92 Å². The van der Waals surface area contributed by atoms with Crippen molar-refractivity contribution in [3.05, 3.63) is 82.0 Å². The predicted molar refractivity (Wildman–Crippen MR) is 159 cm³/mol. The summed E-state index contributed by atoms with van der Waals surface area (Å²) in [6, 6.07) is 12.1. The lowest BCUT2D eigenvalue weighted by Crippen LogP contribution is -2.38. The summed E-state index contributed by atoms with van der Waals surface area (Å²) in [7, 11) is 0. The van der Waals surface area contributed by atoms with Gasteiger partial charge in [0.05, 0.1) is 16.9 Å². The Labute approximate surface area is 253 Å². The second kappa shape index (κ2) is 12.2. The number of carboxylic acids is 1. The zero-order valence-electron chi connectivity index (χ0n) is 22.9. The number of aryl methyl sites for hydroxylation is 1. The van der Waals surface area contributed by atoms with Crippen LogP contribution >= 0.6 is 22.9 Å². The quantitative estimate of drug-likeness (QED) is 0.162. The molecule has 9 nitrogen and oxygen atoms in total. The van der Waals surface area contributed by atoms with Gasteiger partial charge in [-0.15, -0.1) is 11.3 Å². The normalized spacial score (nSPS) is 13.3. The van der Waals surface area contributed by atoms with Crippen molar-refractivity contribution in [3.63, 3.8) is 0 Å². The lowest BCUT2D eigenvalue weighted by Gasteiger charge is -2.24. The average molecular weight is 631 g/mol. The minimum atomic E-state index is -4.84. The van der Waals surface area contributed by atoms with Crippen LogP contribution in [0.1, 0.15) is 29.8 Å². The average Bonchev–Trinajstić information content (AvgIpc) is 3.57. The Bertz CT molecular complexity index is 1770. The Morgan fingerprint density at radius 1 is 1.19 bits per heavy atom. The van der Waals surface area contributed by atoms with Crippen molar-refractivity contribution in [3.8, 4) is 22.7 Å². The molecule has 1 unspecified atom stereocenters. The standard InChI is InChI=1S/C29H26ClF3N6O3S/c1-3-35-21(27(40)41)12-16-4-6-17(7-5-16)20-14-43-24-23(20)36-28(34)37-26(24)42-25(29(31,32)33)19-9-8-18(30)13-22(19)39-11-10-15(2)38-39/h4-11,13-14,21,25,35H,3,12H2,1-2H3,(H,40,41)(H2,34,36,37)/t21?,25-/m1/s1. The number of benzene rings is 2. The molecule has 0 aliphatic carbocycles. The molecule has 0 radical (unpaired) electrons. The number of carboxylic acid groups (broad SMARTS) is 1. The SMILES string of the molecule is CCNC(Cc1ccc(-c2csc3c(O[C@H](c4ccc(Cl)cc4-n4ccc(C)n4)C(F)(F)F)nc(N)nc23)cc1)C(=O)O. The second-order valence-corrected chi connectivity index (χ2v) is 11.0. The number of carbonyl (C=O) groups is 1. The maximum atomic E-state index is 14.6. The third-order valence-electron chi connectivity index (χ3n) is 6.63. The van der Waals surface area contributed by atoms with Crippen LogP contribution in [-0.4, -0.2) is 49.6 Å². The van der Waals surface area contributed by atoms with Crippen LogP contribution in [0.3, 0.4) is 0 Å². The van der Waals surface area contributed by atoms with E-state index in [1.165, 1.54) is 29.1 Å². The molecule has 14 heteroatoms. The second-order valence-electron chi connectivity index (χ2n) is 9.71. The molecule has 224 valence electrons. The Morgan fingerprint density at radius 2 is 1.93 bits per heavy atom. The van der Waals surface area contributed by atoms with Gasteiger partial charge in [0, 0.05) is 27.7 Å². The summed E-state index contributed by atoms with van der Waals surface area (Å²) in [5.74, 6) is -1.52. The Hall–Kier alpha value is -4.20. The molecule has 2 atom stereocenters. The molecule has 0 amide bonds. The van der Waals surface area contributed by atoms with Gasteiger partial charge in [-0.25, -0.2) is 9.67 Å². The molecule has 0 spiro atoms. The smallest absolute Gasteiger partial charge is 0.429 e. The van der Waals surface area contributed by atoms with Crippen molar-refractivity contribution in [1.29, 1.82) is 0 Å². The minimum absolute atomic E-state index is 0.104. The van der Waals surface area contributed by atoms with Crippen molar-refractivity contribution in [2.75, 3.05) is 12.3 Å². The molecule has 4 N–H and O–H groups in total. The van der Waals surface area contributed by atoms with Crippen LogP contribution in [0, 0.1) is 6.92 Å². The zero-order valence-corrected chi connectivity index (χ0v) is 24.5. The van der Waals surface area contributed by atoms with Crippen molar-refractivity contribution in [2.45, 2.75) is 38.6 Å². The number of aliphatic carboxylic acids is 1. The van der Waals surface area contributed by atoms with Crippen LogP contribution < -0.4 is 15.8 Å². The predicted octanol–water partition coefficient (Wildman–Crippen LogP) is 6.38. The van der Waals surface area contributed by atoms with Gasteiger partial charge < -0.3 is 20.9 Å². The summed E-state index contributed by atoms with van der Waals surface area (Å²) >= 11 is 7.27. The maximum absolute atomic E-state index is 14.6. The zero-order chi connectivity index (χ0) is 30.9. The number of thiophene rings is 1. The Morgan fingerprint density at radius 3 is 2.56 bits per heavy atom. The highest BCUT2D eigenvalue weighted by Gasteiger charge is 2.45. The van der Waals surface area contributed by atoms with E-state index in [9.17, 15) is 23.1 Å². The molecule has 0 bridgehead atoms. The Balaban J connectivity index is 1.52. The van der Waals surface area contributed by atoms with Crippen LogP contribution in [0.4, 0.5) is 19.1 Å². The van der Waals surface area contributed by atoms with Gasteiger partial charge in [0.2, 0.25) is 17.9 Å². The summed E-state index contributed by atoms with van der Waals surface area (Å²) in [6.07, 6.45) is -5.44. The molecule has 0 fully saturated rings. The lowest BCUT2D eigenvalue weighted by molar-refractivity contribution is -0.198. The van der Waals surface area contributed by atoms with Crippen LogP contribution in [0.5, 0.6) is 5.88 Å². The van der Waals surface area contributed by atoms with Gasteiger partial charge in [-0.2, -0.15) is 23.3 Å². The number of likely N-dealkylation sites (N-methyl/N-ethyl adjacent to an activating group) is 1. The molecule has 0 saturated heterocycles. The highest BCUT2D eigenvalue weighted by atomic mass is 35.5. The number of rotatable bonds is 10. The van der Waals surface area contributed by atoms with E-state index in [0.29, 0.717) is 23.3 Å². The fraction of sp³-hybridized carbons (Fsp3) is 0.241. The van der Waals surface area contributed by atoms with E-state index >= 15 is 0 Å². The van der Waals surface area contributed by atoms with Crippen LogP contribution in [-0.2, 0) is 11.2 Å². The number of nitrogens with one attached hydrogen (secondary N) is 1. The molecule has 3 aromatic heterocycles. The molecule has 0 saturated carbocycles. The number of hydrogen-bond acceptors (Lipinski definition) is 8.